The molecule has 5 nitrogen and oxygen atoms in total. The van der Waals surface area contributed by atoms with Crippen molar-refractivity contribution in [1.29, 1.82) is 0 Å². The number of pyridine rings is 1. The predicted octanol–water partition coefficient (Wildman–Crippen LogP) is 13.7. The van der Waals surface area contributed by atoms with E-state index in [0.29, 0.717) is 5.82 Å². The van der Waals surface area contributed by atoms with E-state index in [1.807, 2.05) is 79.1 Å². The van der Waals surface area contributed by atoms with Crippen LogP contribution in [-0.4, -0.2) is 15.0 Å². The van der Waals surface area contributed by atoms with Crippen molar-refractivity contribution >= 4 is 43.9 Å². The molecule has 0 aliphatic heterocycles. The number of hydrogen-bond acceptors (Lipinski definition) is 5. The summed E-state index contributed by atoms with van der Waals surface area (Å²) in [6.45, 7) is 0. The highest BCUT2D eigenvalue weighted by Gasteiger charge is 2.19. The molecule has 0 aliphatic rings. The fourth-order valence-electron chi connectivity index (χ4n) is 7.94. The minimum atomic E-state index is 0.666. The van der Waals surface area contributed by atoms with Crippen LogP contribution in [0.15, 0.2) is 197 Å². The van der Waals surface area contributed by atoms with Crippen molar-refractivity contribution < 1.29 is 8.83 Å². The molecule has 11 rings (SSSR count). The van der Waals surface area contributed by atoms with Gasteiger partial charge in [-0.2, -0.15) is 0 Å². The molecule has 56 heavy (non-hydrogen) atoms. The quantitative estimate of drug-likeness (QED) is 0.171. The lowest BCUT2D eigenvalue weighted by Gasteiger charge is -2.13. The van der Waals surface area contributed by atoms with Crippen LogP contribution < -0.4 is 0 Å². The van der Waals surface area contributed by atoms with E-state index < -0.39 is 0 Å². The Bertz CT molecular complexity index is 3240. The van der Waals surface area contributed by atoms with Gasteiger partial charge >= 0.3 is 0 Å². The maximum Gasteiger partial charge on any atom is 0.161 e. The average Bonchev–Trinajstić information content (AvgIpc) is 3.85. The van der Waals surface area contributed by atoms with Crippen LogP contribution in [-0.2, 0) is 0 Å². The van der Waals surface area contributed by atoms with E-state index in [0.717, 1.165) is 105 Å². The Balaban J connectivity index is 1.03. The number of fused-ring (bicyclic) bond motifs is 6. The normalized spacial score (nSPS) is 11.6. The van der Waals surface area contributed by atoms with Crippen LogP contribution in [0, 0.1) is 0 Å². The summed E-state index contributed by atoms with van der Waals surface area (Å²) in [7, 11) is 0. The lowest BCUT2D eigenvalue weighted by atomic mass is 9.93. The second-order valence-electron chi connectivity index (χ2n) is 14.0. The third-order valence-electron chi connectivity index (χ3n) is 10.7. The van der Waals surface area contributed by atoms with Crippen molar-refractivity contribution in [3.63, 3.8) is 0 Å². The monoisotopic (exact) mass is 717 g/mol. The smallest absolute Gasteiger partial charge is 0.161 e. The number of hydrogen-bond donors (Lipinski definition) is 0. The topological polar surface area (TPSA) is 65.0 Å². The molecule has 0 radical (unpaired) electrons. The molecule has 262 valence electrons. The van der Waals surface area contributed by atoms with E-state index in [1.165, 1.54) is 0 Å². The summed E-state index contributed by atoms with van der Waals surface area (Å²) in [5.41, 5.74) is 14.6. The van der Waals surface area contributed by atoms with Crippen molar-refractivity contribution in [2.75, 3.05) is 0 Å². The second-order valence-corrected chi connectivity index (χ2v) is 14.0. The molecule has 0 atom stereocenters. The first kappa shape index (κ1) is 31.9. The van der Waals surface area contributed by atoms with Crippen molar-refractivity contribution in [1.82, 2.24) is 15.0 Å². The molecule has 0 unspecified atom stereocenters. The molecule has 4 aromatic heterocycles. The van der Waals surface area contributed by atoms with E-state index in [1.54, 1.807) is 0 Å². The first-order chi connectivity index (χ1) is 27.7. The second kappa shape index (κ2) is 13.0. The molecule has 0 spiro atoms. The SMILES string of the molecule is c1ccc(-c2cc(-c3ccc(-c4ccc(-c5ccc6oc7ccccc7c6c5)c5c4oc4ccccc45)cc3)nc(-c3ccccc3-c3ccncc3)n2)cc1. The molecule has 0 bridgehead atoms. The van der Waals surface area contributed by atoms with Gasteiger partial charge in [-0.15, -0.1) is 0 Å². The number of benzene rings is 7. The average molecular weight is 718 g/mol. The number of furan rings is 2. The number of rotatable bonds is 6. The highest BCUT2D eigenvalue weighted by molar-refractivity contribution is 6.17. The van der Waals surface area contributed by atoms with Gasteiger partial charge in [0.15, 0.2) is 5.82 Å². The summed E-state index contributed by atoms with van der Waals surface area (Å²) in [6.07, 6.45) is 3.63. The molecule has 4 heterocycles. The third-order valence-corrected chi connectivity index (χ3v) is 10.7. The summed E-state index contributed by atoms with van der Waals surface area (Å²) < 4.78 is 12.8. The van der Waals surface area contributed by atoms with Crippen LogP contribution >= 0.6 is 0 Å². The zero-order valence-corrected chi connectivity index (χ0v) is 30.1. The molecule has 0 saturated heterocycles. The third kappa shape index (κ3) is 5.37. The molecule has 0 fully saturated rings. The first-order valence-electron chi connectivity index (χ1n) is 18.7. The van der Waals surface area contributed by atoms with E-state index in [4.69, 9.17) is 18.8 Å². The van der Waals surface area contributed by atoms with Crippen molar-refractivity contribution in [2.24, 2.45) is 0 Å². The predicted molar refractivity (Wildman–Crippen MR) is 227 cm³/mol. The van der Waals surface area contributed by atoms with Crippen LogP contribution in [0.1, 0.15) is 0 Å². The first-order valence-corrected chi connectivity index (χ1v) is 18.7. The van der Waals surface area contributed by atoms with Gasteiger partial charge in [-0.05, 0) is 76.3 Å². The highest BCUT2D eigenvalue weighted by Crippen LogP contribution is 2.43. The number of aromatic nitrogens is 3. The number of para-hydroxylation sites is 2. The summed E-state index contributed by atoms with van der Waals surface area (Å²) in [4.78, 5) is 14.6. The fraction of sp³-hybridized carbons (Fsp3) is 0. The lowest BCUT2D eigenvalue weighted by Crippen LogP contribution is -1.97. The van der Waals surface area contributed by atoms with Crippen LogP contribution in [0.3, 0.4) is 0 Å². The number of nitrogens with zero attached hydrogens (tertiary/aromatic N) is 3. The molecule has 0 amide bonds. The maximum absolute atomic E-state index is 6.69. The molecular weight excluding hydrogens is 687 g/mol. The molecule has 0 aliphatic carbocycles. The van der Waals surface area contributed by atoms with Gasteiger partial charge in [0.25, 0.3) is 0 Å². The molecule has 5 heteroatoms. The van der Waals surface area contributed by atoms with E-state index in [-0.39, 0.29) is 0 Å². The zero-order chi connectivity index (χ0) is 37.0. The van der Waals surface area contributed by atoms with Crippen molar-refractivity contribution in [2.45, 2.75) is 0 Å². The van der Waals surface area contributed by atoms with Crippen LogP contribution in [0.2, 0.25) is 0 Å². The van der Waals surface area contributed by atoms with Gasteiger partial charge < -0.3 is 8.83 Å². The fourth-order valence-corrected chi connectivity index (χ4v) is 7.94. The largest absolute Gasteiger partial charge is 0.456 e. The van der Waals surface area contributed by atoms with Gasteiger partial charge in [0.2, 0.25) is 0 Å². The Morgan fingerprint density at radius 3 is 1.70 bits per heavy atom. The summed E-state index contributed by atoms with van der Waals surface area (Å²) in [5, 5.41) is 4.39. The molecule has 0 N–H and O–H groups in total. The molecule has 0 saturated carbocycles. The Labute approximate surface area is 322 Å². The van der Waals surface area contributed by atoms with Gasteiger partial charge in [0, 0.05) is 56.2 Å². The summed E-state index contributed by atoms with van der Waals surface area (Å²) >= 11 is 0. The highest BCUT2D eigenvalue weighted by atomic mass is 16.3. The Morgan fingerprint density at radius 1 is 0.339 bits per heavy atom. The summed E-state index contributed by atoms with van der Waals surface area (Å²) in [5.74, 6) is 0.666. The lowest BCUT2D eigenvalue weighted by molar-refractivity contribution is 0.669. The van der Waals surface area contributed by atoms with Gasteiger partial charge in [-0.25, -0.2) is 9.97 Å². The van der Waals surface area contributed by atoms with E-state index in [9.17, 15) is 0 Å². The maximum atomic E-state index is 6.69. The molecule has 7 aromatic carbocycles. The Kier molecular flexibility index (Phi) is 7.42. The molecule has 11 aromatic rings. The Morgan fingerprint density at radius 2 is 0.911 bits per heavy atom. The van der Waals surface area contributed by atoms with Crippen LogP contribution in [0.5, 0.6) is 0 Å². The van der Waals surface area contributed by atoms with Crippen molar-refractivity contribution in [3.05, 3.63) is 188 Å². The van der Waals surface area contributed by atoms with E-state index >= 15 is 0 Å². The standard InChI is InChI=1S/C51H31N3O2/c1-2-10-34(11-3-1)44-31-45(54-51(53-44)41-14-5-4-12-37(41)33-26-28-52-29-27-33)35-20-18-32(19-21-35)39-24-23-38(49-42-15-7-9-17-47(42)56-50(39)49)36-22-25-48-43(30-36)40-13-6-8-16-46(40)55-48/h1-31H. The van der Waals surface area contributed by atoms with Gasteiger partial charge in [0.05, 0.1) is 11.4 Å². The molecular formula is C51H31N3O2. The van der Waals surface area contributed by atoms with E-state index in [2.05, 4.69) is 114 Å². The Hall–Kier alpha value is -7.63. The van der Waals surface area contributed by atoms with Gasteiger partial charge in [-0.1, -0.05) is 127 Å². The van der Waals surface area contributed by atoms with Gasteiger partial charge in [0.1, 0.15) is 22.3 Å². The van der Waals surface area contributed by atoms with Crippen molar-refractivity contribution in [3.8, 4) is 67.3 Å². The summed E-state index contributed by atoms with van der Waals surface area (Å²) in [6, 6.07) is 60.6. The minimum absolute atomic E-state index is 0.666. The zero-order valence-electron chi connectivity index (χ0n) is 30.1. The van der Waals surface area contributed by atoms with Gasteiger partial charge in [-0.3, -0.25) is 4.98 Å². The van der Waals surface area contributed by atoms with Crippen LogP contribution in [0.25, 0.3) is 111 Å². The minimum Gasteiger partial charge on any atom is -0.456 e. The van der Waals surface area contributed by atoms with Crippen LogP contribution in [0.4, 0.5) is 0 Å².